The molecule has 0 radical (unpaired) electrons. The van der Waals surface area contributed by atoms with Crippen LogP contribution in [0.25, 0.3) is 0 Å². The minimum Gasteiger partial charge on any atom is -0.345 e. The Morgan fingerprint density at radius 3 is 2.95 bits per heavy atom. The molecule has 0 saturated heterocycles. The predicted octanol–water partition coefficient (Wildman–Crippen LogP) is 2.46. The smallest absolute Gasteiger partial charge is 0.253 e. The van der Waals surface area contributed by atoms with Gasteiger partial charge in [0.15, 0.2) is 0 Å². The maximum Gasteiger partial charge on any atom is 0.253 e. The molecule has 0 fully saturated rings. The van der Waals surface area contributed by atoms with Gasteiger partial charge in [-0.3, -0.25) is 14.6 Å². The summed E-state index contributed by atoms with van der Waals surface area (Å²) in [5.41, 5.74) is 3.54. The average molecular weight is 295 g/mol. The lowest BCUT2D eigenvalue weighted by Gasteiger charge is -2.20. The molecule has 1 unspecified atom stereocenters. The van der Waals surface area contributed by atoms with Gasteiger partial charge in [-0.05, 0) is 42.7 Å². The molecule has 22 heavy (non-hydrogen) atoms. The van der Waals surface area contributed by atoms with Crippen LogP contribution in [0.5, 0.6) is 0 Å². The summed E-state index contributed by atoms with van der Waals surface area (Å²) in [4.78, 5) is 27.5. The van der Waals surface area contributed by atoms with Gasteiger partial charge >= 0.3 is 0 Å². The van der Waals surface area contributed by atoms with Crippen molar-refractivity contribution in [2.75, 3.05) is 5.32 Å². The maximum atomic E-state index is 12.2. The van der Waals surface area contributed by atoms with Crippen molar-refractivity contribution in [1.82, 2.24) is 10.3 Å². The normalized spacial score (nSPS) is 14.7. The first kappa shape index (κ1) is 14.3. The van der Waals surface area contributed by atoms with Crippen LogP contribution < -0.4 is 10.6 Å². The first-order valence-corrected chi connectivity index (χ1v) is 7.27. The summed E-state index contributed by atoms with van der Waals surface area (Å²) in [7, 11) is 0. The molecule has 1 atom stereocenters. The van der Waals surface area contributed by atoms with E-state index in [9.17, 15) is 9.59 Å². The zero-order valence-corrected chi connectivity index (χ0v) is 12.3. The SMILES string of the molecule is CC(NC(=O)c1cccnc1)c1ccc2c(c1)CCC(=O)N2. The van der Waals surface area contributed by atoms with Gasteiger partial charge in [-0.2, -0.15) is 0 Å². The van der Waals surface area contributed by atoms with Crippen LogP contribution >= 0.6 is 0 Å². The number of amides is 2. The lowest BCUT2D eigenvalue weighted by Crippen LogP contribution is -2.27. The first-order valence-electron chi connectivity index (χ1n) is 7.27. The fourth-order valence-corrected chi connectivity index (χ4v) is 2.53. The summed E-state index contributed by atoms with van der Waals surface area (Å²) in [6, 6.07) is 9.23. The molecule has 2 N–H and O–H groups in total. The highest BCUT2D eigenvalue weighted by Gasteiger charge is 2.17. The Bertz CT molecular complexity index is 713. The van der Waals surface area contributed by atoms with E-state index in [1.165, 1.54) is 0 Å². The summed E-state index contributed by atoms with van der Waals surface area (Å²) >= 11 is 0. The molecule has 3 rings (SSSR count). The van der Waals surface area contributed by atoms with Gasteiger partial charge in [0.05, 0.1) is 11.6 Å². The monoisotopic (exact) mass is 295 g/mol. The Morgan fingerprint density at radius 1 is 1.32 bits per heavy atom. The second kappa shape index (κ2) is 5.97. The molecule has 1 aliphatic rings. The fraction of sp³-hybridized carbons (Fsp3) is 0.235. The van der Waals surface area contributed by atoms with Crippen LogP contribution in [-0.2, 0) is 11.2 Å². The van der Waals surface area contributed by atoms with E-state index < -0.39 is 0 Å². The van der Waals surface area contributed by atoms with Gasteiger partial charge in [0.2, 0.25) is 5.91 Å². The number of fused-ring (bicyclic) bond motifs is 1. The van der Waals surface area contributed by atoms with E-state index in [0.29, 0.717) is 12.0 Å². The Balaban J connectivity index is 1.74. The quantitative estimate of drug-likeness (QED) is 0.913. The van der Waals surface area contributed by atoms with Crippen molar-refractivity contribution < 1.29 is 9.59 Å². The zero-order chi connectivity index (χ0) is 15.5. The van der Waals surface area contributed by atoms with Crippen LogP contribution in [0, 0.1) is 0 Å². The van der Waals surface area contributed by atoms with Crippen molar-refractivity contribution >= 4 is 17.5 Å². The summed E-state index contributed by atoms with van der Waals surface area (Å²) in [5.74, 6) is -0.0928. The molecule has 112 valence electrons. The van der Waals surface area contributed by atoms with Gasteiger partial charge in [0, 0.05) is 24.5 Å². The van der Waals surface area contributed by atoms with Crippen LogP contribution in [0.15, 0.2) is 42.7 Å². The van der Waals surface area contributed by atoms with Gasteiger partial charge < -0.3 is 10.6 Å². The number of anilines is 1. The molecule has 0 bridgehead atoms. The van der Waals surface area contributed by atoms with Crippen molar-refractivity contribution in [2.24, 2.45) is 0 Å². The molecule has 2 amide bonds. The summed E-state index contributed by atoms with van der Waals surface area (Å²) in [6.45, 7) is 1.94. The number of pyridine rings is 1. The third kappa shape index (κ3) is 2.98. The van der Waals surface area contributed by atoms with E-state index in [1.54, 1.807) is 24.5 Å². The van der Waals surface area contributed by atoms with Crippen LogP contribution in [0.4, 0.5) is 5.69 Å². The number of aryl methyl sites for hydroxylation is 1. The number of carbonyl (C=O) groups is 2. The highest BCUT2D eigenvalue weighted by Crippen LogP contribution is 2.26. The topological polar surface area (TPSA) is 71.1 Å². The molecular formula is C17H17N3O2. The number of carbonyl (C=O) groups excluding carboxylic acids is 2. The van der Waals surface area contributed by atoms with Crippen molar-refractivity contribution in [1.29, 1.82) is 0 Å². The number of nitrogens with one attached hydrogen (secondary N) is 2. The molecule has 0 aliphatic carbocycles. The lowest BCUT2D eigenvalue weighted by atomic mass is 9.97. The highest BCUT2D eigenvalue weighted by molar-refractivity contribution is 5.94. The third-order valence-electron chi connectivity index (χ3n) is 3.80. The third-order valence-corrected chi connectivity index (χ3v) is 3.80. The number of aromatic nitrogens is 1. The van der Waals surface area contributed by atoms with E-state index >= 15 is 0 Å². The van der Waals surface area contributed by atoms with E-state index in [2.05, 4.69) is 15.6 Å². The molecule has 0 spiro atoms. The van der Waals surface area contributed by atoms with Gasteiger partial charge in [-0.25, -0.2) is 0 Å². The van der Waals surface area contributed by atoms with E-state index in [0.717, 1.165) is 23.2 Å². The van der Waals surface area contributed by atoms with Crippen LogP contribution in [0.3, 0.4) is 0 Å². The van der Waals surface area contributed by atoms with Crippen LogP contribution in [0.2, 0.25) is 0 Å². The van der Waals surface area contributed by atoms with E-state index in [1.807, 2.05) is 25.1 Å². The second-order valence-electron chi connectivity index (χ2n) is 5.40. The number of benzene rings is 1. The second-order valence-corrected chi connectivity index (χ2v) is 5.40. The van der Waals surface area contributed by atoms with Gasteiger partial charge in [0.1, 0.15) is 0 Å². The van der Waals surface area contributed by atoms with Crippen molar-refractivity contribution in [3.05, 3.63) is 59.4 Å². The number of nitrogens with zero attached hydrogens (tertiary/aromatic N) is 1. The highest BCUT2D eigenvalue weighted by atomic mass is 16.2. The van der Waals surface area contributed by atoms with Crippen molar-refractivity contribution in [3.8, 4) is 0 Å². The number of rotatable bonds is 3. The average Bonchev–Trinajstić information content (AvgIpc) is 2.55. The predicted molar refractivity (Wildman–Crippen MR) is 83.5 cm³/mol. The Kier molecular flexibility index (Phi) is 3.87. The Hall–Kier alpha value is -2.69. The maximum absolute atomic E-state index is 12.2. The summed E-state index contributed by atoms with van der Waals surface area (Å²) in [6.07, 6.45) is 4.42. The fourth-order valence-electron chi connectivity index (χ4n) is 2.53. The minimum atomic E-state index is -0.147. The standard InChI is InChI=1S/C17H17N3O2/c1-11(19-17(22)14-3-2-8-18-10-14)12-4-6-15-13(9-12)5-7-16(21)20-15/h2-4,6,8-11H,5,7H2,1H3,(H,19,22)(H,20,21). The Morgan fingerprint density at radius 2 is 2.18 bits per heavy atom. The lowest BCUT2D eigenvalue weighted by molar-refractivity contribution is -0.116. The largest absolute Gasteiger partial charge is 0.345 e. The Labute approximate surface area is 128 Å². The summed E-state index contributed by atoms with van der Waals surface area (Å²) < 4.78 is 0. The first-order chi connectivity index (χ1) is 10.6. The molecule has 2 aromatic rings. The zero-order valence-electron chi connectivity index (χ0n) is 12.3. The molecule has 5 heteroatoms. The van der Waals surface area contributed by atoms with E-state index in [4.69, 9.17) is 0 Å². The van der Waals surface area contributed by atoms with Gasteiger partial charge in [-0.15, -0.1) is 0 Å². The van der Waals surface area contributed by atoms with E-state index in [-0.39, 0.29) is 17.9 Å². The van der Waals surface area contributed by atoms with Crippen molar-refractivity contribution in [2.45, 2.75) is 25.8 Å². The van der Waals surface area contributed by atoms with Gasteiger partial charge in [-0.1, -0.05) is 12.1 Å². The van der Waals surface area contributed by atoms with Gasteiger partial charge in [0.25, 0.3) is 5.91 Å². The molecular weight excluding hydrogens is 278 g/mol. The molecule has 1 aromatic carbocycles. The molecule has 0 saturated carbocycles. The number of hydrogen-bond donors (Lipinski definition) is 2. The molecule has 1 aliphatic heterocycles. The molecule has 1 aromatic heterocycles. The minimum absolute atomic E-state index is 0.0539. The number of hydrogen-bond acceptors (Lipinski definition) is 3. The molecule has 5 nitrogen and oxygen atoms in total. The summed E-state index contributed by atoms with van der Waals surface area (Å²) in [5, 5.41) is 5.82. The van der Waals surface area contributed by atoms with Crippen LogP contribution in [-0.4, -0.2) is 16.8 Å². The van der Waals surface area contributed by atoms with Crippen LogP contribution in [0.1, 0.15) is 40.9 Å². The molecule has 2 heterocycles. The van der Waals surface area contributed by atoms with Crippen molar-refractivity contribution in [3.63, 3.8) is 0 Å².